The third kappa shape index (κ3) is 4.53. The summed E-state index contributed by atoms with van der Waals surface area (Å²) in [5.41, 5.74) is 3.31. The van der Waals surface area contributed by atoms with Crippen molar-refractivity contribution in [3.63, 3.8) is 0 Å². The zero-order chi connectivity index (χ0) is 23.7. The largest absolute Gasteiger partial charge is 0.376 e. The Morgan fingerprint density at radius 1 is 1.26 bits per heavy atom. The zero-order valence-electron chi connectivity index (χ0n) is 18.9. The molecule has 4 aromatic rings. The molecule has 1 saturated heterocycles. The first kappa shape index (κ1) is 22.8. The molecule has 1 aromatic carbocycles. The highest BCUT2D eigenvalue weighted by molar-refractivity contribution is 7.99. The number of hydrogen-bond donors (Lipinski definition) is 1. The van der Waals surface area contributed by atoms with Gasteiger partial charge in [-0.25, -0.2) is 5.10 Å². The Balaban J connectivity index is 1.38. The molecule has 11 heteroatoms. The molecule has 0 radical (unpaired) electrons. The lowest BCUT2D eigenvalue weighted by molar-refractivity contribution is 0.0953. The third-order valence-electron chi connectivity index (χ3n) is 5.91. The third-order valence-corrected chi connectivity index (χ3v) is 7.13. The van der Waals surface area contributed by atoms with Gasteiger partial charge >= 0.3 is 0 Å². The molecule has 1 aliphatic rings. The second-order valence-corrected chi connectivity index (χ2v) is 9.58. The van der Waals surface area contributed by atoms with Gasteiger partial charge in [-0.1, -0.05) is 23.4 Å². The molecule has 1 aliphatic heterocycles. The summed E-state index contributed by atoms with van der Waals surface area (Å²) >= 11 is 7.45. The van der Waals surface area contributed by atoms with Crippen molar-refractivity contribution >= 4 is 29.1 Å². The molecule has 0 amide bonds. The van der Waals surface area contributed by atoms with Crippen molar-refractivity contribution in [3.05, 3.63) is 58.6 Å². The van der Waals surface area contributed by atoms with Crippen LogP contribution in [0.1, 0.15) is 34.6 Å². The van der Waals surface area contributed by atoms with Gasteiger partial charge in [-0.2, -0.15) is 10.1 Å². The number of aromatic amines is 1. The van der Waals surface area contributed by atoms with E-state index in [-0.39, 0.29) is 17.6 Å². The molecule has 3 aromatic heterocycles. The SMILES string of the molecule is Cc1cc(C(=O)CSc2nnc(-c3ccc(Cl)cc3)n2C[C@H]2CCCO2)c(C)n1-c1ncn[nH]1. The van der Waals surface area contributed by atoms with Crippen molar-refractivity contribution in [3.8, 4) is 17.3 Å². The minimum absolute atomic E-state index is 0.0172. The standard InChI is InChI=1S/C23H24ClN7O2S/c1-14-10-19(15(2)31(14)22-25-13-26-28-22)20(32)12-34-23-29-27-21(16-5-7-17(24)8-6-16)30(23)11-18-4-3-9-33-18/h5-8,10,13,18H,3-4,9,11-12H2,1-2H3,(H,25,26,28)/t18-/m1/s1. The first-order valence-corrected chi connectivity index (χ1v) is 12.4. The number of ketones is 1. The first-order chi connectivity index (χ1) is 16.5. The molecule has 176 valence electrons. The molecule has 5 rings (SSSR count). The molecule has 1 N–H and O–H groups in total. The van der Waals surface area contributed by atoms with E-state index in [2.05, 4.69) is 29.9 Å². The number of carbonyl (C=O) groups excluding carboxylic acids is 1. The number of halogens is 1. The van der Waals surface area contributed by atoms with Crippen LogP contribution in [-0.2, 0) is 11.3 Å². The van der Waals surface area contributed by atoms with E-state index >= 15 is 0 Å². The molecule has 0 saturated carbocycles. The number of thioether (sulfide) groups is 1. The van der Waals surface area contributed by atoms with E-state index in [9.17, 15) is 4.79 Å². The van der Waals surface area contributed by atoms with Gasteiger partial charge in [0, 0.05) is 34.1 Å². The maximum atomic E-state index is 13.2. The number of aryl methyl sites for hydroxylation is 1. The van der Waals surface area contributed by atoms with Gasteiger partial charge in [0.1, 0.15) is 6.33 Å². The van der Waals surface area contributed by atoms with Gasteiger partial charge in [-0.3, -0.25) is 13.9 Å². The predicted molar refractivity (Wildman–Crippen MR) is 130 cm³/mol. The fourth-order valence-electron chi connectivity index (χ4n) is 4.25. The average molecular weight is 498 g/mol. The molecule has 9 nitrogen and oxygen atoms in total. The van der Waals surface area contributed by atoms with E-state index in [0.29, 0.717) is 28.2 Å². The summed E-state index contributed by atoms with van der Waals surface area (Å²) in [7, 11) is 0. The fraction of sp³-hybridized carbons (Fsp3) is 0.348. The molecule has 4 heterocycles. The summed E-state index contributed by atoms with van der Waals surface area (Å²) in [6.45, 7) is 5.26. The van der Waals surface area contributed by atoms with E-state index < -0.39 is 0 Å². The highest BCUT2D eigenvalue weighted by Gasteiger charge is 2.23. The monoisotopic (exact) mass is 497 g/mol. The fourth-order valence-corrected chi connectivity index (χ4v) is 5.21. The highest BCUT2D eigenvalue weighted by Crippen LogP contribution is 2.28. The second kappa shape index (κ2) is 9.73. The Morgan fingerprint density at radius 3 is 2.79 bits per heavy atom. The molecule has 34 heavy (non-hydrogen) atoms. The lowest BCUT2D eigenvalue weighted by Crippen LogP contribution is -2.17. The Bertz CT molecular complexity index is 1290. The van der Waals surface area contributed by atoms with Crippen LogP contribution in [0.25, 0.3) is 17.3 Å². The molecular weight excluding hydrogens is 474 g/mol. The van der Waals surface area contributed by atoms with Crippen LogP contribution in [0.15, 0.2) is 41.8 Å². The topological polar surface area (TPSA) is 104 Å². The van der Waals surface area contributed by atoms with E-state index in [1.54, 1.807) is 0 Å². The van der Waals surface area contributed by atoms with Crippen LogP contribution in [0.2, 0.25) is 5.02 Å². The smallest absolute Gasteiger partial charge is 0.229 e. The quantitative estimate of drug-likeness (QED) is 0.286. The van der Waals surface area contributed by atoms with Gasteiger partial charge in [0.2, 0.25) is 5.95 Å². The van der Waals surface area contributed by atoms with Crippen molar-refractivity contribution < 1.29 is 9.53 Å². The average Bonchev–Trinajstić information content (AvgIpc) is 3.62. The summed E-state index contributed by atoms with van der Waals surface area (Å²) in [5, 5.41) is 17.0. The van der Waals surface area contributed by atoms with Crippen molar-refractivity contribution in [1.29, 1.82) is 0 Å². The summed E-state index contributed by atoms with van der Waals surface area (Å²) in [6.07, 6.45) is 3.60. The molecule has 0 unspecified atom stereocenters. The Labute approximate surface area is 205 Å². The number of rotatable bonds is 8. The van der Waals surface area contributed by atoms with Crippen LogP contribution in [0, 0.1) is 13.8 Å². The number of hydrogen-bond acceptors (Lipinski definition) is 7. The van der Waals surface area contributed by atoms with Crippen LogP contribution in [0.5, 0.6) is 0 Å². The Hall–Kier alpha value is -2.95. The molecular formula is C23H24ClN7O2S. The number of ether oxygens (including phenoxy) is 1. The van der Waals surface area contributed by atoms with Crippen LogP contribution < -0.4 is 0 Å². The number of nitrogens with one attached hydrogen (secondary N) is 1. The molecule has 0 bridgehead atoms. The minimum atomic E-state index is 0.0172. The summed E-state index contributed by atoms with van der Waals surface area (Å²) in [4.78, 5) is 17.4. The maximum absolute atomic E-state index is 13.2. The van der Waals surface area contributed by atoms with Crippen molar-refractivity contribution in [2.45, 2.75) is 44.5 Å². The maximum Gasteiger partial charge on any atom is 0.229 e. The number of benzene rings is 1. The van der Waals surface area contributed by atoms with Crippen LogP contribution >= 0.6 is 23.4 Å². The zero-order valence-corrected chi connectivity index (χ0v) is 20.4. The van der Waals surface area contributed by atoms with E-state index in [4.69, 9.17) is 16.3 Å². The Kier molecular flexibility index (Phi) is 6.53. The normalized spacial score (nSPS) is 15.8. The minimum Gasteiger partial charge on any atom is -0.376 e. The van der Waals surface area contributed by atoms with Crippen LogP contribution in [-0.4, -0.2) is 58.8 Å². The van der Waals surface area contributed by atoms with Gasteiger partial charge in [-0.15, -0.1) is 10.2 Å². The molecule has 1 atom stereocenters. The van der Waals surface area contributed by atoms with Gasteiger partial charge in [0.15, 0.2) is 16.8 Å². The molecule has 1 fully saturated rings. The molecule has 0 aliphatic carbocycles. The number of nitrogens with zero attached hydrogens (tertiary/aromatic N) is 6. The van der Waals surface area contributed by atoms with Crippen LogP contribution in [0.4, 0.5) is 0 Å². The lowest BCUT2D eigenvalue weighted by Gasteiger charge is -2.14. The van der Waals surface area contributed by atoms with E-state index in [0.717, 1.165) is 42.2 Å². The van der Waals surface area contributed by atoms with Gasteiger partial charge in [0.05, 0.1) is 18.4 Å². The summed E-state index contributed by atoms with van der Waals surface area (Å²) < 4.78 is 9.81. The second-order valence-electron chi connectivity index (χ2n) is 8.20. The lowest BCUT2D eigenvalue weighted by atomic mass is 10.2. The predicted octanol–water partition coefficient (Wildman–Crippen LogP) is 4.28. The molecule has 0 spiro atoms. The Morgan fingerprint density at radius 2 is 2.09 bits per heavy atom. The number of carbonyl (C=O) groups is 1. The van der Waals surface area contributed by atoms with Crippen molar-refractivity contribution in [2.75, 3.05) is 12.4 Å². The van der Waals surface area contributed by atoms with Gasteiger partial charge < -0.3 is 4.74 Å². The van der Waals surface area contributed by atoms with Crippen molar-refractivity contribution in [2.24, 2.45) is 0 Å². The van der Waals surface area contributed by atoms with Gasteiger partial charge in [0.25, 0.3) is 0 Å². The van der Waals surface area contributed by atoms with E-state index in [1.807, 2.05) is 48.7 Å². The first-order valence-electron chi connectivity index (χ1n) is 11.0. The summed E-state index contributed by atoms with van der Waals surface area (Å²) in [6, 6.07) is 9.41. The number of aromatic nitrogens is 7. The number of H-pyrrole nitrogens is 1. The summed E-state index contributed by atoms with van der Waals surface area (Å²) in [5.74, 6) is 1.59. The van der Waals surface area contributed by atoms with Gasteiger partial charge in [-0.05, 0) is 57.0 Å². The van der Waals surface area contributed by atoms with Crippen molar-refractivity contribution in [1.82, 2.24) is 34.5 Å². The highest BCUT2D eigenvalue weighted by atomic mass is 35.5. The number of Topliss-reactive ketones (excluding diaryl/α,β-unsaturated/α-hetero) is 1. The van der Waals surface area contributed by atoms with Crippen LogP contribution in [0.3, 0.4) is 0 Å². The van der Waals surface area contributed by atoms with E-state index in [1.165, 1.54) is 18.1 Å².